The van der Waals surface area contributed by atoms with Crippen LogP contribution in [-0.4, -0.2) is 43.8 Å². The molecule has 4 N–H and O–H groups in total. The number of halogens is 3. The lowest BCUT2D eigenvalue weighted by atomic mass is 9.96. The fourth-order valence-electron chi connectivity index (χ4n) is 4.02. The van der Waals surface area contributed by atoms with Crippen LogP contribution in [-0.2, 0) is 11.3 Å². The molecule has 0 saturated carbocycles. The largest absolute Gasteiger partial charge is 0.391 e. The molecule has 2 aromatic rings. The van der Waals surface area contributed by atoms with Crippen molar-refractivity contribution in [2.24, 2.45) is 5.92 Å². The molecule has 0 unspecified atom stereocenters. The molecule has 10 heteroatoms. The number of hydrogen-bond acceptors (Lipinski definition) is 4. The van der Waals surface area contributed by atoms with E-state index in [0.29, 0.717) is 19.6 Å². The molecule has 3 amide bonds. The lowest BCUT2D eigenvalue weighted by Gasteiger charge is -2.34. The topological polar surface area (TPSA) is 85.5 Å². The van der Waals surface area contributed by atoms with E-state index in [-0.39, 0.29) is 31.3 Å². The molecule has 2 heterocycles. The van der Waals surface area contributed by atoms with Gasteiger partial charge in [-0.1, -0.05) is 12.1 Å². The van der Waals surface area contributed by atoms with Crippen LogP contribution in [0, 0.1) is 5.92 Å². The number of carbonyl (C=O) groups is 2. The number of hydrogen-bond donors (Lipinski definition) is 4. The molecule has 0 aliphatic carbocycles. The van der Waals surface area contributed by atoms with E-state index in [9.17, 15) is 22.8 Å². The second kappa shape index (κ2) is 9.60. The third-order valence-corrected chi connectivity index (χ3v) is 5.99. The Balaban J connectivity index is 1.25. The zero-order valence-electron chi connectivity index (χ0n) is 17.9. The van der Waals surface area contributed by atoms with Crippen LogP contribution in [0.15, 0.2) is 48.5 Å². The molecule has 0 aromatic heterocycles. The van der Waals surface area contributed by atoms with Crippen LogP contribution in [0.4, 0.5) is 35.0 Å². The lowest BCUT2D eigenvalue weighted by Crippen LogP contribution is -2.42. The highest BCUT2D eigenvalue weighted by Crippen LogP contribution is 2.35. The molecular formula is C23H26F3N5O2. The number of piperidine rings is 1. The Bertz CT molecular complexity index is 971. The number of nitrogens with one attached hydrogen (secondary N) is 4. The van der Waals surface area contributed by atoms with Crippen LogP contribution in [0.25, 0.3) is 0 Å². The average Bonchev–Trinajstić information content (AvgIpc) is 3.25. The van der Waals surface area contributed by atoms with E-state index in [0.717, 1.165) is 22.6 Å². The van der Waals surface area contributed by atoms with Crippen LogP contribution in [0.5, 0.6) is 0 Å². The van der Waals surface area contributed by atoms with Crippen molar-refractivity contribution in [2.45, 2.75) is 31.6 Å². The summed E-state index contributed by atoms with van der Waals surface area (Å²) in [7, 11) is 0. The van der Waals surface area contributed by atoms with Gasteiger partial charge in [0, 0.05) is 43.2 Å². The highest BCUT2D eigenvalue weighted by molar-refractivity contribution is 5.90. The second-order valence-corrected chi connectivity index (χ2v) is 8.30. The summed E-state index contributed by atoms with van der Waals surface area (Å²) in [5.74, 6) is -1.44. The quantitative estimate of drug-likeness (QED) is 0.531. The molecule has 176 valence electrons. The van der Waals surface area contributed by atoms with Gasteiger partial charge in [-0.15, -0.1) is 0 Å². The van der Waals surface area contributed by atoms with Gasteiger partial charge in [0.05, 0.1) is 5.92 Å². The Kier molecular flexibility index (Phi) is 6.62. The van der Waals surface area contributed by atoms with E-state index >= 15 is 0 Å². The van der Waals surface area contributed by atoms with E-state index in [1.165, 1.54) is 0 Å². The van der Waals surface area contributed by atoms with Crippen molar-refractivity contribution < 1.29 is 22.8 Å². The van der Waals surface area contributed by atoms with Gasteiger partial charge in [0.2, 0.25) is 5.91 Å². The van der Waals surface area contributed by atoms with Crippen molar-refractivity contribution in [3.8, 4) is 0 Å². The fourth-order valence-corrected chi connectivity index (χ4v) is 4.02. The van der Waals surface area contributed by atoms with Crippen LogP contribution in [0.2, 0.25) is 0 Å². The Labute approximate surface area is 189 Å². The van der Waals surface area contributed by atoms with E-state index in [1.54, 1.807) is 0 Å². The van der Waals surface area contributed by atoms with Crippen LogP contribution < -0.4 is 26.2 Å². The minimum Gasteiger partial charge on any atom is -0.372 e. The Morgan fingerprint density at radius 2 is 1.61 bits per heavy atom. The second-order valence-electron chi connectivity index (χ2n) is 8.30. The van der Waals surface area contributed by atoms with Gasteiger partial charge < -0.3 is 26.2 Å². The Hall–Kier alpha value is -3.43. The molecule has 33 heavy (non-hydrogen) atoms. The van der Waals surface area contributed by atoms with Gasteiger partial charge >= 0.3 is 12.2 Å². The maximum Gasteiger partial charge on any atom is 0.391 e. The van der Waals surface area contributed by atoms with E-state index in [2.05, 4.69) is 21.3 Å². The molecule has 2 aliphatic heterocycles. The molecule has 2 saturated heterocycles. The molecule has 4 rings (SSSR count). The predicted molar refractivity (Wildman–Crippen MR) is 119 cm³/mol. The molecule has 0 spiro atoms. The number of amides is 3. The summed E-state index contributed by atoms with van der Waals surface area (Å²) in [6, 6.07) is 14.3. The predicted octanol–water partition coefficient (Wildman–Crippen LogP) is 3.51. The molecule has 2 fully saturated rings. The third-order valence-electron chi connectivity index (χ3n) is 5.99. The van der Waals surface area contributed by atoms with Crippen molar-refractivity contribution in [3.63, 3.8) is 0 Å². The summed E-state index contributed by atoms with van der Waals surface area (Å²) in [4.78, 5) is 25.1. The molecule has 2 aromatic carbocycles. The number of alkyl halides is 3. The number of urea groups is 1. The zero-order valence-corrected chi connectivity index (χ0v) is 17.9. The standard InChI is InChI=1S/C23H26F3N5O2/c24-23(25,26)16-9-11-31(12-10-16)19-7-5-18(6-8-19)29-17-3-1-15(2-4-17)13-27-21(32)20-14-28-22(33)30-20/h1-8,16,20,29H,9-14H2,(H,27,32)(H2,28,30,33)/t20-/m0/s1. The maximum absolute atomic E-state index is 12.8. The zero-order chi connectivity index (χ0) is 23.4. The SMILES string of the molecule is O=C1NC[C@@H](C(=O)NCc2ccc(Nc3ccc(N4CCC(C(F)(F)F)CC4)cc3)cc2)N1. The van der Waals surface area contributed by atoms with Crippen molar-refractivity contribution >= 4 is 29.0 Å². The van der Waals surface area contributed by atoms with Gasteiger partial charge in [-0.2, -0.15) is 13.2 Å². The van der Waals surface area contributed by atoms with E-state index in [1.807, 2.05) is 53.4 Å². The first kappa shape index (κ1) is 22.8. The van der Waals surface area contributed by atoms with Gasteiger partial charge in [-0.05, 0) is 54.8 Å². The number of rotatable bonds is 6. The molecule has 2 aliphatic rings. The minimum absolute atomic E-state index is 0.127. The first-order valence-corrected chi connectivity index (χ1v) is 10.9. The number of benzene rings is 2. The van der Waals surface area contributed by atoms with Crippen molar-refractivity contribution in [2.75, 3.05) is 29.9 Å². The maximum atomic E-state index is 12.8. The number of carbonyl (C=O) groups excluding carboxylic acids is 2. The van der Waals surface area contributed by atoms with Gasteiger partial charge in [0.15, 0.2) is 0 Å². The number of anilines is 3. The highest BCUT2D eigenvalue weighted by Gasteiger charge is 2.41. The van der Waals surface area contributed by atoms with Crippen molar-refractivity contribution in [1.29, 1.82) is 0 Å². The first-order valence-electron chi connectivity index (χ1n) is 10.9. The molecular weight excluding hydrogens is 435 g/mol. The first-order chi connectivity index (χ1) is 15.8. The monoisotopic (exact) mass is 461 g/mol. The van der Waals surface area contributed by atoms with Gasteiger partial charge in [-0.25, -0.2) is 4.79 Å². The molecule has 1 atom stereocenters. The molecule has 0 bridgehead atoms. The summed E-state index contributed by atoms with van der Waals surface area (Å²) in [6.07, 6.45) is -3.85. The fraction of sp³-hybridized carbons (Fsp3) is 0.391. The normalized spacial score (nSPS) is 19.1. The van der Waals surface area contributed by atoms with Crippen molar-refractivity contribution in [3.05, 3.63) is 54.1 Å². The summed E-state index contributed by atoms with van der Waals surface area (Å²) >= 11 is 0. The minimum atomic E-state index is -4.11. The summed E-state index contributed by atoms with van der Waals surface area (Å²) in [6.45, 7) is 1.43. The van der Waals surface area contributed by atoms with E-state index < -0.39 is 18.1 Å². The smallest absolute Gasteiger partial charge is 0.372 e. The van der Waals surface area contributed by atoms with Crippen LogP contribution in [0.1, 0.15) is 18.4 Å². The molecule has 7 nitrogen and oxygen atoms in total. The van der Waals surface area contributed by atoms with Crippen LogP contribution in [0.3, 0.4) is 0 Å². The summed E-state index contributed by atoms with van der Waals surface area (Å²) < 4.78 is 38.5. The highest BCUT2D eigenvalue weighted by atomic mass is 19.4. The summed E-state index contributed by atoms with van der Waals surface area (Å²) in [5.41, 5.74) is 3.58. The van der Waals surface area contributed by atoms with Crippen LogP contribution >= 0.6 is 0 Å². The summed E-state index contributed by atoms with van der Waals surface area (Å²) in [5, 5.41) is 11.2. The lowest BCUT2D eigenvalue weighted by molar-refractivity contribution is -0.179. The van der Waals surface area contributed by atoms with Gasteiger partial charge in [-0.3, -0.25) is 4.79 Å². The Morgan fingerprint density at radius 1 is 1.00 bits per heavy atom. The third kappa shape index (κ3) is 5.88. The van der Waals surface area contributed by atoms with Gasteiger partial charge in [0.1, 0.15) is 6.04 Å². The number of nitrogens with zero attached hydrogens (tertiary/aromatic N) is 1. The average molecular weight is 461 g/mol. The Morgan fingerprint density at radius 3 is 2.15 bits per heavy atom. The van der Waals surface area contributed by atoms with Crippen molar-refractivity contribution in [1.82, 2.24) is 16.0 Å². The van der Waals surface area contributed by atoms with E-state index in [4.69, 9.17) is 0 Å². The van der Waals surface area contributed by atoms with Gasteiger partial charge in [0.25, 0.3) is 0 Å². The molecule has 0 radical (unpaired) electrons.